The number of ether oxygens (including phenoxy) is 2. The molecular weight excluding hydrogens is 637 g/mol. The lowest BCUT2D eigenvalue weighted by Gasteiger charge is -2.22. The van der Waals surface area contributed by atoms with Crippen LogP contribution in [0.5, 0.6) is 5.75 Å². The molecule has 1 aliphatic rings. The number of aromatic nitrogens is 1. The van der Waals surface area contributed by atoms with Gasteiger partial charge in [0.2, 0.25) is 0 Å². The predicted octanol–water partition coefficient (Wildman–Crippen LogP) is 8.96. The molecule has 48 heavy (non-hydrogen) atoms. The van der Waals surface area contributed by atoms with Crippen molar-refractivity contribution in [3.63, 3.8) is 0 Å². The van der Waals surface area contributed by atoms with Crippen LogP contribution in [-0.4, -0.2) is 29.6 Å². The summed E-state index contributed by atoms with van der Waals surface area (Å²) in [6, 6.07) is 34.3. The molecule has 0 aliphatic carbocycles. The Morgan fingerprint density at radius 3 is 2.12 bits per heavy atom. The highest BCUT2D eigenvalue weighted by Crippen LogP contribution is 2.38. The summed E-state index contributed by atoms with van der Waals surface area (Å²) in [5, 5.41) is 2.30. The van der Waals surface area contributed by atoms with Crippen molar-refractivity contribution in [3.8, 4) is 27.4 Å². The van der Waals surface area contributed by atoms with E-state index >= 15 is 0 Å². The van der Waals surface area contributed by atoms with Crippen LogP contribution >= 0.6 is 11.3 Å². The van der Waals surface area contributed by atoms with E-state index in [0.29, 0.717) is 17.9 Å². The zero-order chi connectivity index (χ0) is 33.5. The first kappa shape index (κ1) is 33.0. The number of benzene rings is 4. The molecule has 0 N–H and O–H groups in total. The Kier molecular flexibility index (Phi) is 10.2. The predicted molar refractivity (Wildman–Crippen MR) is 180 cm³/mol. The smallest absolute Gasteiger partial charge is 0.489 e. The van der Waals surface area contributed by atoms with Crippen LogP contribution in [0.1, 0.15) is 41.6 Å². The SMILES string of the molecule is O=C(CCc1ccc(OCc2ccc(CN3CCCCc4nc(-c5ccc(-c6ccccc6)cc5)sc43)cc2)cc1)OC(=O)C(F)(F)F. The van der Waals surface area contributed by atoms with Crippen LogP contribution in [0.4, 0.5) is 18.2 Å². The molecule has 0 spiro atoms. The zero-order valence-corrected chi connectivity index (χ0v) is 26.9. The number of aryl methyl sites for hydroxylation is 2. The Hall–Kier alpha value is -4.96. The number of hydrogen-bond acceptors (Lipinski definition) is 7. The second kappa shape index (κ2) is 14.9. The van der Waals surface area contributed by atoms with Crippen molar-refractivity contribution in [2.75, 3.05) is 11.4 Å². The fourth-order valence-electron chi connectivity index (χ4n) is 5.50. The van der Waals surface area contributed by atoms with E-state index in [4.69, 9.17) is 9.72 Å². The molecule has 6 nitrogen and oxygen atoms in total. The normalized spacial score (nSPS) is 13.0. The molecule has 0 unspecified atom stereocenters. The van der Waals surface area contributed by atoms with Crippen molar-refractivity contribution < 1.29 is 32.2 Å². The lowest BCUT2D eigenvalue weighted by atomic mass is 10.0. The van der Waals surface area contributed by atoms with E-state index in [0.717, 1.165) is 48.5 Å². The van der Waals surface area contributed by atoms with E-state index in [2.05, 4.69) is 82.4 Å². The Morgan fingerprint density at radius 1 is 0.771 bits per heavy atom. The van der Waals surface area contributed by atoms with Gasteiger partial charge in [-0.3, -0.25) is 4.79 Å². The first-order chi connectivity index (χ1) is 23.2. The Morgan fingerprint density at radius 2 is 1.42 bits per heavy atom. The van der Waals surface area contributed by atoms with Crippen molar-refractivity contribution in [3.05, 3.63) is 126 Å². The van der Waals surface area contributed by atoms with E-state index in [9.17, 15) is 22.8 Å². The molecule has 10 heteroatoms. The summed E-state index contributed by atoms with van der Waals surface area (Å²) in [5.41, 5.74) is 7.61. The Labute approximate surface area is 280 Å². The quantitative estimate of drug-likeness (QED) is 0.109. The molecule has 0 amide bonds. The topological polar surface area (TPSA) is 68.7 Å². The van der Waals surface area contributed by atoms with Gasteiger partial charge < -0.3 is 14.4 Å². The number of thiazole rings is 1. The summed E-state index contributed by atoms with van der Waals surface area (Å²) in [5.74, 6) is -3.11. The highest BCUT2D eigenvalue weighted by atomic mass is 32.1. The molecule has 0 saturated heterocycles. The van der Waals surface area contributed by atoms with Crippen LogP contribution in [0, 0.1) is 0 Å². The molecule has 1 aromatic heterocycles. The van der Waals surface area contributed by atoms with Gasteiger partial charge in [-0.15, -0.1) is 0 Å². The maximum absolute atomic E-state index is 12.2. The average molecular weight is 671 g/mol. The summed E-state index contributed by atoms with van der Waals surface area (Å²) < 4.78 is 46.5. The van der Waals surface area contributed by atoms with Gasteiger partial charge in [-0.25, -0.2) is 9.78 Å². The summed E-state index contributed by atoms with van der Waals surface area (Å²) in [4.78, 5) is 29.8. The van der Waals surface area contributed by atoms with Crippen LogP contribution in [0.2, 0.25) is 0 Å². The number of rotatable bonds is 10. The highest BCUT2D eigenvalue weighted by molar-refractivity contribution is 7.19. The third kappa shape index (κ3) is 8.49. The van der Waals surface area contributed by atoms with E-state index < -0.39 is 18.1 Å². The highest BCUT2D eigenvalue weighted by Gasteiger charge is 2.42. The minimum Gasteiger partial charge on any atom is -0.489 e. The minimum absolute atomic E-state index is 0.134. The second-order valence-corrected chi connectivity index (χ2v) is 12.6. The first-order valence-corrected chi connectivity index (χ1v) is 16.5. The number of carbonyl (C=O) groups is 2. The number of anilines is 1. The number of nitrogens with zero attached hydrogens (tertiary/aromatic N) is 2. The number of alkyl halides is 3. The summed E-state index contributed by atoms with van der Waals surface area (Å²) >= 11 is 1.77. The average Bonchev–Trinajstić information content (AvgIpc) is 3.44. The maximum Gasteiger partial charge on any atom is 0.491 e. The fourth-order valence-corrected chi connectivity index (χ4v) is 6.64. The molecule has 4 aromatic carbocycles. The van der Waals surface area contributed by atoms with E-state index in [-0.39, 0.29) is 12.8 Å². The van der Waals surface area contributed by atoms with Crippen LogP contribution < -0.4 is 9.64 Å². The van der Waals surface area contributed by atoms with Crippen molar-refractivity contribution in [2.45, 2.75) is 51.4 Å². The van der Waals surface area contributed by atoms with Crippen molar-refractivity contribution in [1.29, 1.82) is 0 Å². The van der Waals surface area contributed by atoms with E-state index in [1.165, 1.54) is 27.4 Å². The summed E-state index contributed by atoms with van der Waals surface area (Å²) in [7, 11) is 0. The van der Waals surface area contributed by atoms with Gasteiger partial charge in [0.05, 0.1) is 12.1 Å². The molecule has 0 radical (unpaired) electrons. The maximum atomic E-state index is 12.2. The van der Waals surface area contributed by atoms with Gasteiger partial charge in [0.15, 0.2) is 0 Å². The van der Waals surface area contributed by atoms with E-state index in [1.54, 1.807) is 35.6 Å². The van der Waals surface area contributed by atoms with Crippen LogP contribution in [0.25, 0.3) is 21.7 Å². The molecule has 0 fully saturated rings. The molecule has 0 atom stereocenters. The van der Waals surface area contributed by atoms with Crippen molar-refractivity contribution in [1.82, 2.24) is 4.98 Å². The molecule has 6 rings (SSSR count). The molecule has 1 aliphatic heterocycles. The molecular formula is C38H33F3N2O4S. The second-order valence-electron chi connectivity index (χ2n) is 11.6. The summed E-state index contributed by atoms with van der Waals surface area (Å²) in [6.45, 7) is 2.14. The van der Waals surface area contributed by atoms with Gasteiger partial charge in [0, 0.05) is 18.7 Å². The number of fused-ring (bicyclic) bond motifs is 1. The number of halogens is 3. The lowest BCUT2D eigenvalue weighted by Crippen LogP contribution is -2.28. The molecule has 2 heterocycles. The molecule has 5 aromatic rings. The number of carbonyl (C=O) groups excluding carboxylic acids is 2. The van der Waals surface area contributed by atoms with Crippen molar-refractivity contribution >= 4 is 28.3 Å². The molecule has 0 bridgehead atoms. The molecule has 0 saturated carbocycles. The van der Waals surface area contributed by atoms with Gasteiger partial charge >= 0.3 is 18.1 Å². The standard InChI is InChI=1S/C38H33F3N2O4S/c39-38(40,41)37(45)47-34(44)22-15-26-13-20-32(21-14-26)46-25-28-11-9-27(10-12-28)24-43-23-5-4-8-33-36(43)48-35(42-33)31-18-16-30(17-19-31)29-6-2-1-3-7-29/h1-3,6-7,9-14,16-21H,4-5,8,15,22-25H2. The van der Waals surface area contributed by atoms with Crippen LogP contribution in [0.3, 0.4) is 0 Å². The van der Waals surface area contributed by atoms with Crippen LogP contribution in [-0.2, 0) is 40.3 Å². The number of esters is 2. The zero-order valence-electron chi connectivity index (χ0n) is 26.0. The lowest BCUT2D eigenvalue weighted by molar-refractivity contribution is -0.201. The van der Waals surface area contributed by atoms with Gasteiger partial charge in [0.25, 0.3) is 0 Å². The van der Waals surface area contributed by atoms with Gasteiger partial charge in [-0.05, 0) is 65.6 Å². The van der Waals surface area contributed by atoms with Crippen molar-refractivity contribution in [2.24, 2.45) is 0 Å². The monoisotopic (exact) mass is 670 g/mol. The molecule has 246 valence electrons. The van der Waals surface area contributed by atoms with Gasteiger partial charge in [-0.2, -0.15) is 13.2 Å². The third-order valence-electron chi connectivity index (χ3n) is 8.08. The van der Waals surface area contributed by atoms with E-state index in [1.807, 2.05) is 6.07 Å². The van der Waals surface area contributed by atoms with Crippen LogP contribution in [0.15, 0.2) is 103 Å². The summed E-state index contributed by atoms with van der Waals surface area (Å²) in [6.07, 6.45) is -2.19. The Bertz CT molecular complexity index is 1840. The minimum atomic E-state index is -5.20. The van der Waals surface area contributed by atoms with Gasteiger partial charge in [0.1, 0.15) is 22.4 Å². The number of hydrogen-bond donors (Lipinski definition) is 0. The Balaban J connectivity index is 1.02. The van der Waals surface area contributed by atoms with Gasteiger partial charge in [-0.1, -0.05) is 102 Å². The largest absolute Gasteiger partial charge is 0.491 e. The fraction of sp³-hybridized carbons (Fsp3) is 0.237. The third-order valence-corrected chi connectivity index (χ3v) is 9.28. The first-order valence-electron chi connectivity index (χ1n) is 15.7.